The second-order valence-corrected chi connectivity index (χ2v) is 4.30. The number of carboxylic acids is 1. The van der Waals surface area contributed by atoms with Gasteiger partial charge in [0.05, 0.1) is 6.61 Å². The van der Waals surface area contributed by atoms with E-state index in [1.807, 2.05) is 38.1 Å². The van der Waals surface area contributed by atoms with Gasteiger partial charge in [0.15, 0.2) is 6.10 Å². The summed E-state index contributed by atoms with van der Waals surface area (Å²) in [7, 11) is 0. The van der Waals surface area contributed by atoms with Crippen molar-refractivity contribution in [2.24, 2.45) is 0 Å². The molecule has 0 heterocycles. The van der Waals surface area contributed by atoms with Crippen LogP contribution < -0.4 is 4.74 Å². The second-order valence-electron chi connectivity index (χ2n) is 4.30. The molecule has 4 heteroatoms. The fourth-order valence-corrected chi connectivity index (χ4v) is 1.76. The first kappa shape index (κ1) is 15.5. The van der Waals surface area contributed by atoms with E-state index in [9.17, 15) is 9.90 Å². The summed E-state index contributed by atoms with van der Waals surface area (Å²) in [5.74, 6) is -0.197. The quantitative estimate of drug-likeness (QED) is 0.698. The summed E-state index contributed by atoms with van der Waals surface area (Å²) in [6.45, 7) is 4.99. The second kappa shape index (κ2) is 8.53. The van der Waals surface area contributed by atoms with Gasteiger partial charge in [-0.1, -0.05) is 31.5 Å². The van der Waals surface area contributed by atoms with Gasteiger partial charge in [0.1, 0.15) is 5.75 Å². The Bertz CT molecular complexity index is 389. The number of ether oxygens (including phenoxy) is 2. The molecular formula is C15H22O4. The predicted molar refractivity (Wildman–Crippen MR) is 73.6 cm³/mol. The Morgan fingerprint density at radius 2 is 2.05 bits per heavy atom. The van der Waals surface area contributed by atoms with Crippen molar-refractivity contribution in [1.82, 2.24) is 0 Å². The number of para-hydroxylation sites is 1. The van der Waals surface area contributed by atoms with Crippen LogP contribution in [0.4, 0.5) is 0 Å². The third-order valence-corrected chi connectivity index (χ3v) is 2.77. The fraction of sp³-hybridized carbons (Fsp3) is 0.533. The lowest BCUT2D eigenvalue weighted by Crippen LogP contribution is -2.27. The Labute approximate surface area is 114 Å². The SMILES string of the molecule is CCCCOC(Cc1ccccc1OCC)C(=O)O. The summed E-state index contributed by atoms with van der Waals surface area (Å²) >= 11 is 0. The van der Waals surface area contributed by atoms with Crippen LogP contribution in [0.25, 0.3) is 0 Å². The van der Waals surface area contributed by atoms with Gasteiger partial charge in [0.2, 0.25) is 0 Å². The van der Waals surface area contributed by atoms with Gasteiger partial charge in [-0.25, -0.2) is 4.79 Å². The smallest absolute Gasteiger partial charge is 0.333 e. The molecule has 0 fully saturated rings. The third kappa shape index (κ3) is 5.30. The molecule has 0 bridgehead atoms. The zero-order valence-electron chi connectivity index (χ0n) is 11.6. The van der Waals surface area contributed by atoms with Crippen molar-refractivity contribution in [3.8, 4) is 5.75 Å². The first-order valence-electron chi connectivity index (χ1n) is 6.74. The molecule has 0 saturated carbocycles. The van der Waals surface area contributed by atoms with E-state index < -0.39 is 12.1 Å². The van der Waals surface area contributed by atoms with Gasteiger partial charge >= 0.3 is 5.97 Å². The first-order valence-corrected chi connectivity index (χ1v) is 6.74. The minimum Gasteiger partial charge on any atom is -0.494 e. The van der Waals surface area contributed by atoms with Crippen molar-refractivity contribution >= 4 is 5.97 Å². The largest absolute Gasteiger partial charge is 0.494 e. The fourth-order valence-electron chi connectivity index (χ4n) is 1.76. The molecule has 106 valence electrons. The Hall–Kier alpha value is -1.55. The molecule has 19 heavy (non-hydrogen) atoms. The predicted octanol–water partition coefficient (Wildman–Crippen LogP) is 2.90. The number of carbonyl (C=O) groups is 1. The zero-order valence-corrected chi connectivity index (χ0v) is 11.6. The molecule has 4 nitrogen and oxygen atoms in total. The Morgan fingerprint density at radius 1 is 1.32 bits per heavy atom. The van der Waals surface area contributed by atoms with E-state index in [2.05, 4.69) is 0 Å². The van der Waals surface area contributed by atoms with Gasteiger partial charge < -0.3 is 14.6 Å². The highest BCUT2D eigenvalue weighted by Gasteiger charge is 2.20. The van der Waals surface area contributed by atoms with Gasteiger partial charge in [0, 0.05) is 13.0 Å². The molecule has 0 spiro atoms. The zero-order chi connectivity index (χ0) is 14.1. The lowest BCUT2D eigenvalue weighted by molar-refractivity contribution is -0.150. The summed E-state index contributed by atoms with van der Waals surface area (Å²) in [5, 5.41) is 9.19. The van der Waals surface area contributed by atoms with Gasteiger partial charge in [-0.2, -0.15) is 0 Å². The maximum absolute atomic E-state index is 11.2. The summed E-state index contributed by atoms with van der Waals surface area (Å²) in [4.78, 5) is 11.2. The van der Waals surface area contributed by atoms with E-state index in [-0.39, 0.29) is 0 Å². The molecule has 1 N–H and O–H groups in total. The maximum atomic E-state index is 11.2. The van der Waals surface area contributed by atoms with Crippen LogP contribution in [-0.4, -0.2) is 30.4 Å². The molecular weight excluding hydrogens is 244 g/mol. The van der Waals surface area contributed by atoms with Crippen molar-refractivity contribution < 1.29 is 19.4 Å². The van der Waals surface area contributed by atoms with E-state index in [1.54, 1.807) is 0 Å². The van der Waals surface area contributed by atoms with Gasteiger partial charge in [-0.15, -0.1) is 0 Å². The molecule has 0 saturated heterocycles. The van der Waals surface area contributed by atoms with Crippen molar-refractivity contribution in [2.45, 2.75) is 39.2 Å². The number of rotatable bonds is 9. The van der Waals surface area contributed by atoms with Crippen LogP contribution in [0, 0.1) is 0 Å². The lowest BCUT2D eigenvalue weighted by Gasteiger charge is -2.16. The standard InChI is InChI=1S/C15H22O4/c1-3-5-10-19-14(15(16)17)11-12-8-6-7-9-13(12)18-4-2/h6-9,14H,3-5,10-11H2,1-2H3,(H,16,17). The topological polar surface area (TPSA) is 55.8 Å². The normalized spacial score (nSPS) is 12.1. The summed E-state index contributed by atoms with van der Waals surface area (Å²) in [6, 6.07) is 7.49. The first-order chi connectivity index (χ1) is 9.19. The number of hydrogen-bond donors (Lipinski definition) is 1. The van der Waals surface area contributed by atoms with Crippen molar-refractivity contribution in [1.29, 1.82) is 0 Å². The highest BCUT2D eigenvalue weighted by atomic mass is 16.5. The molecule has 1 aromatic rings. The van der Waals surface area contributed by atoms with E-state index in [4.69, 9.17) is 9.47 Å². The molecule has 1 aromatic carbocycles. The average Bonchev–Trinajstić information content (AvgIpc) is 2.40. The minimum atomic E-state index is -0.928. The number of carboxylic acid groups (broad SMARTS) is 1. The van der Waals surface area contributed by atoms with Gasteiger partial charge in [-0.05, 0) is 25.0 Å². The Morgan fingerprint density at radius 3 is 2.68 bits per heavy atom. The molecule has 0 aliphatic rings. The van der Waals surface area contributed by atoms with E-state index >= 15 is 0 Å². The monoisotopic (exact) mass is 266 g/mol. The number of hydrogen-bond acceptors (Lipinski definition) is 3. The van der Waals surface area contributed by atoms with Crippen LogP contribution in [0.1, 0.15) is 32.3 Å². The van der Waals surface area contributed by atoms with Crippen molar-refractivity contribution in [3.63, 3.8) is 0 Å². The van der Waals surface area contributed by atoms with E-state index in [0.717, 1.165) is 24.2 Å². The molecule has 1 unspecified atom stereocenters. The molecule has 0 radical (unpaired) electrons. The molecule has 0 aromatic heterocycles. The van der Waals surface area contributed by atoms with Crippen LogP contribution in [0.3, 0.4) is 0 Å². The maximum Gasteiger partial charge on any atom is 0.333 e. The van der Waals surface area contributed by atoms with E-state index in [0.29, 0.717) is 19.6 Å². The van der Waals surface area contributed by atoms with Crippen molar-refractivity contribution in [2.75, 3.05) is 13.2 Å². The summed E-state index contributed by atoms with van der Waals surface area (Å²) in [5.41, 5.74) is 0.869. The van der Waals surface area contributed by atoms with E-state index in [1.165, 1.54) is 0 Å². The van der Waals surface area contributed by atoms with Crippen LogP contribution in [-0.2, 0) is 16.0 Å². The van der Waals surface area contributed by atoms with Crippen LogP contribution in [0.5, 0.6) is 5.75 Å². The molecule has 1 rings (SSSR count). The Balaban J connectivity index is 2.70. The highest BCUT2D eigenvalue weighted by Crippen LogP contribution is 2.20. The van der Waals surface area contributed by atoms with Gasteiger partial charge in [-0.3, -0.25) is 0 Å². The lowest BCUT2D eigenvalue weighted by atomic mass is 10.1. The third-order valence-electron chi connectivity index (χ3n) is 2.77. The average molecular weight is 266 g/mol. The van der Waals surface area contributed by atoms with Crippen LogP contribution in [0.2, 0.25) is 0 Å². The summed E-state index contributed by atoms with van der Waals surface area (Å²) < 4.78 is 10.9. The highest BCUT2D eigenvalue weighted by molar-refractivity contribution is 5.73. The van der Waals surface area contributed by atoms with Gasteiger partial charge in [0.25, 0.3) is 0 Å². The summed E-state index contributed by atoms with van der Waals surface area (Å²) in [6.07, 6.45) is 1.38. The molecule has 0 aliphatic carbocycles. The van der Waals surface area contributed by atoms with Crippen LogP contribution >= 0.6 is 0 Å². The molecule has 0 aliphatic heterocycles. The van der Waals surface area contributed by atoms with Crippen molar-refractivity contribution in [3.05, 3.63) is 29.8 Å². The number of aliphatic carboxylic acids is 1. The minimum absolute atomic E-state index is 0.329. The molecule has 1 atom stereocenters. The number of unbranched alkanes of at least 4 members (excludes halogenated alkanes) is 1. The van der Waals surface area contributed by atoms with Crippen LogP contribution in [0.15, 0.2) is 24.3 Å². The molecule has 0 amide bonds. The Kier molecular flexibility index (Phi) is 6.97. The number of benzene rings is 1.